The maximum Gasteiger partial charge on any atom is 0.118 e. The fourth-order valence-electron chi connectivity index (χ4n) is 9.28. The van der Waals surface area contributed by atoms with Gasteiger partial charge in [-0.15, -0.1) is 0 Å². The molecular formula is C49H42O. The van der Waals surface area contributed by atoms with Crippen molar-refractivity contribution in [3.8, 4) is 39.1 Å². The second-order valence-corrected chi connectivity index (χ2v) is 15.2. The highest BCUT2D eigenvalue weighted by atomic mass is 16.5. The molecule has 2 aliphatic rings. The molecule has 7 aromatic rings. The van der Waals surface area contributed by atoms with Crippen LogP contribution >= 0.6 is 0 Å². The van der Waals surface area contributed by atoms with Crippen LogP contribution in [0.4, 0.5) is 0 Å². The van der Waals surface area contributed by atoms with Crippen molar-refractivity contribution in [2.24, 2.45) is 0 Å². The molecule has 0 saturated heterocycles. The van der Waals surface area contributed by atoms with Crippen LogP contribution in [0.15, 0.2) is 133 Å². The van der Waals surface area contributed by atoms with Gasteiger partial charge in [-0.05, 0) is 126 Å². The largest absolute Gasteiger partial charge is 0.497 e. The lowest BCUT2D eigenvalue weighted by atomic mass is 9.76. The third-order valence-electron chi connectivity index (χ3n) is 12.0. The molecule has 244 valence electrons. The summed E-state index contributed by atoms with van der Waals surface area (Å²) in [6.07, 6.45) is 4.56. The first-order chi connectivity index (χ1) is 24.2. The van der Waals surface area contributed by atoms with E-state index in [2.05, 4.69) is 169 Å². The number of ether oxygens (including phenoxy) is 1. The van der Waals surface area contributed by atoms with Crippen molar-refractivity contribution in [1.82, 2.24) is 0 Å². The number of hydrogen-bond donors (Lipinski definition) is 0. The molecule has 0 spiro atoms. The lowest BCUT2D eigenvalue weighted by Crippen LogP contribution is -2.16. The summed E-state index contributed by atoms with van der Waals surface area (Å²) in [5, 5.41) is 7.77. The zero-order chi connectivity index (χ0) is 34.5. The minimum Gasteiger partial charge on any atom is -0.497 e. The van der Waals surface area contributed by atoms with Crippen LogP contribution in [0.25, 0.3) is 71.3 Å². The van der Waals surface area contributed by atoms with Gasteiger partial charge in [-0.1, -0.05) is 142 Å². The molecule has 0 heterocycles. The van der Waals surface area contributed by atoms with Gasteiger partial charge in [0.15, 0.2) is 0 Å². The highest BCUT2D eigenvalue weighted by Crippen LogP contribution is 2.58. The number of methoxy groups -OCH3 is 1. The van der Waals surface area contributed by atoms with Gasteiger partial charge in [0.05, 0.1) is 7.11 Å². The van der Waals surface area contributed by atoms with Crippen LogP contribution < -0.4 is 4.74 Å². The molecule has 0 unspecified atom stereocenters. The summed E-state index contributed by atoms with van der Waals surface area (Å²) in [5.41, 5.74) is 16.0. The monoisotopic (exact) mass is 646 g/mol. The Labute approximate surface area is 295 Å². The highest BCUT2D eigenvalue weighted by Gasteiger charge is 2.41. The molecule has 0 radical (unpaired) electrons. The Balaban J connectivity index is 1.49. The van der Waals surface area contributed by atoms with E-state index in [4.69, 9.17) is 4.74 Å². The molecule has 50 heavy (non-hydrogen) atoms. The number of rotatable bonds is 4. The lowest BCUT2D eigenvalue weighted by molar-refractivity contribution is 0.415. The normalized spacial score (nSPS) is 15.7. The molecule has 0 aromatic heterocycles. The molecule has 1 nitrogen and oxygen atoms in total. The van der Waals surface area contributed by atoms with Crippen LogP contribution in [0.1, 0.15) is 63.8 Å². The van der Waals surface area contributed by atoms with Crippen LogP contribution in [0.5, 0.6) is 5.75 Å². The van der Waals surface area contributed by atoms with Gasteiger partial charge in [-0.25, -0.2) is 0 Å². The summed E-state index contributed by atoms with van der Waals surface area (Å²) in [7, 11) is 1.73. The maximum atomic E-state index is 5.54. The molecule has 1 heteroatoms. The average molecular weight is 647 g/mol. The first-order valence-corrected chi connectivity index (χ1v) is 17.9. The zero-order valence-corrected chi connectivity index (χ0v) is 30.0. The van der Waals surface area contributed by atoms with Gasteiger partial charge >= 0.3 is 0 Å². The molecule has 0 N–H and O–H groups in total. The maximum absolute atomic E-state index is 5.54. The minimum atomic E-state index is -0.127. The van der Waals surface area contributed by atoms with E-state index in [9.17, 15) is 0 Å². The molecule has 0 amide bonds. The number of benzene rings is 7. The highest BCUT2D eigenvalue weighted by molar-refractivity contribution is 6.25. The number of allylic oxidation sites excluding steroid dienone is 4. The minimum absolute atomic E-state index is 0.0873. The molecule has 0 bridgehead atoms. The smallest absolute Gasteiger partial charge is 0.118 e. The summed E-state index contributed by atoms with van der Waals surface area (Å²) < 4.78 is 5.54. The summed E-state index contributed by atoms with van der Waals surface area (Å²) >= 11 is 0. The van der Waals surface area contributed by atoms with Crippen molar-refractivity contribution in [3.63, 3.8) is 0 Å². The van der Waals surface area contributed by atoms with Crippen LogP contribution in [0, 0.1) is 0 Å². The predicted molar refractivity (Wildman–Crippen MR) is 214 cm³/mol. The Morgan fingerprint density at radius 3 is 1.74 bits per heavy atom. The third kappa shape index (κ3) is 4.01. The van der Waals surface area contributed by atoms with E-state index in [1.165, 1.54) is 99.1 Å². The van der Waals surface area contributed by atoms with Gasteiger partial charge in [0.25, 0.3) is 0 Å². The predicted octanol–water partition coefficient (Wildman–Crippen LogP) is 13.4. The van der Waals surface area contributed by atoms with E-state index < -0.39 is 0 Å². The van der Waals surface area contributed by atoms with Crippen LogP contribution in [0.2, 0.25) is 0 Å². The topological polar surface area (TPSA) is 9.23 Å². The van der Waals surface area contributed by atoms with E-state index >= 15 is 0 Å². The van der Waals surface area contributed by atoms with Crippen molar-refractivity contribution in [3.05, 3.63) is 155 Å². The Bertz CT molecular complexity index is 2570. The first-order valence-electron chi connectivity index (χ1n) is 17.9. The van der Waals surface area contributed by atoms with Gasteiger partial charge < -0.3 is 4.74 Å². The van der Waals surface area contributed by atoms with Crippen molar-refractivity contribution < 1.29 is 4.74 Å². The second-order valence-electron chi connectivity index (χ2n) is 15.2. The van der Waals surface area contributed by atoms with E-state index in [0.29, 0.717) is 0 Å². The first kappa shape index (κ1) is 30.6. The molecule has 0 fully saturated rings. The van der Waals surface area contributed by atoms with E-state index in [1.54, 1.807) is 7.11 Å². The SMILES string of the molecule is C/C=C\C1=C(C)C(C)(C)c2cc(-c3c4ccccc4c(-c4ccc(OC)cc4)c4ccccc34)c3ccc4c(c3c21)-c1ccccc1C4(C)C. The van der Waals surface area contributed by atoms with Crippen LogP contribution in [0.3, 0.4) is 0 Å². The molecule has 2 aliphatic carbocycles. The van der Waals surface area contributed by atoms with Gasteiger partial charge in [0.1, 0.15) is 5.75 Å². The average Bonchev–Trinajstić information content (AvgIpc) is 3.49. The van der Waals surface area contributed by atoms with Crippen molar-refractivity contribution in [2.75, 3.05) is 7.11 Å². The molecule has 7 aromatic carbocycles. The molecule has 0 aliphatic heterocycles. The van der Waals surface area contributed by atoms with Gasteiger partial charge in [-0.3, -0.25) is 0 Å². The lowest BCUT2D eigenvalue weighted by Gasteiger charge is -2.26. The number of hydrogen-bond acceptors (Lipinski definition) is 1. The Morgan fingerprint density at radius 1 is 0.520 bits per heavy atom. The Morgan fingerprint density at radius 2 is 1.12 bits per heavy atom. The van der Waals surface area contributed by atoms with E-state index in [-0.39, 0.29) is 10.8 Å². The fraction of sp³-hybridized carbons (Fsp3) is 0.184. The zero-order valence-electron chi connectivity index (χ0n) is 30.0. The van der Waals surface area contributed by atoms with E-state index in [0.717, 1.165) is 5.75 Å². The molecular weight excluding hydrogens is 605 g/mol. The van der Waals surface area contributed by atoms with Crippen molar-refractivity contribution >= 4 is 37.9 Å². The van der Waals surface area contributed by atoms with Gasteiger partial charge in [0, 0.05) is 10.8 Å². The second kappa shape index (κ2) is 10.8. The summed E-state index contributed by atoms with van der Waals surface area (Å²) in [6, 6.07) is 43.1. The van der Waals surface area contributed by atoms with Gasteiger partial charge in [-0.2, -0.15) is 0 Å². The number of fused-ring (bicyclic) bond motifs is 9. The summed E-state index contributed by atoms with van der Waals surface area (Å²) in [5.74, 6) is 0.865. The molecule has 0 atom stereocenters. The molecule has 9 rings (SSSR count). The standard InChI is InChI=1S/C49H42O/c1-8-15-32-29(2)48(3,4)42-28-39(37-26-27-41-46(47(37)45(32)42)38-20-13-14-21-40(38)49(41,5)6)44-35-18-11-9-16-33(35)43(34-17-10-12-19-36(34)44)30-22-24-31(50-7)25-23-30/h8-28H,1-7H3/b15-8-. The van der Waals surface area contributed by atoms with Crippen LogP contribution in [-0.2, 0) is 10.8 Å². The third-order valence-corrected chi connectivity index (χ3v) is 12.0. The van der Waals surface area contributed by atoms with Gasteiger partial charge in [0.2, 0.25) is 0 Å². The Kier molecular flexibility index (Phi) is 6.62. The fourth-order valence-corrected chi connectivity index (χ4v) is 9.28. The van der Waals surface area contributed by atoms with E-state index in [1.807, 2.05) is 0 Å². The molecule has 0 saturated carbocycles. The van der Waals surface area contributed by atoms with Crippen molar-refractivity contribution in [1.29, 1.82) is 0 Å². The quantitative estimate of drug-likeness (QED) is 0.173. The van der Waals surface area contributed by atoms with Crippen LogP contribution in [-0.4, -0.2) is 7.11 Å². The van der Waals surface area contributed by atoms with Crippen molar-refractivity contribution in [2.45, 2.75) is 52.4 Å². The summed E-state index contributed by atoms with van der Waals surface area (Å²) in [4.78, 5) is 0. The summed E-state index contributed by atoms with van der Waals surface area (Å²) in [6.45, 7) is 14.1. The Hall–Kier alpha value is -5.40.